The summed E-state index contributed by atoms with van der Waals surface area (Å²) < 4.78 is 0. The third-order valence-electron chi connectivity index (χ3n) is 2.85. The van der Waals surface area contributed by atoms with Crippen molar-refractivity contribution in [2.45, 2.75) is 45.6 Å². The van der Waals surface area contributed by atoms with Gasteiger partial charge < -0.3 is 5.11 Å². The van der Waals surface area contributed by atoms with Crippen molar-refractivity contribution in [2.75, 3.05) is 0 Å². The number of hydrogen-bond acceptors (Lipinski definition) is 1. The molecule has 0 aromatic heterocycles. The molecule has 0 aromatic carbocycles. The molecule has 0 spiro atoms. The van der Waals surface area contributed by atoms with Crippen LogP contribution in [-0.4, -0.2) is 10.7 Å². The van der Waals surface area contributed by atoms with Crippen LogP contribution in [0.4, 0.5) is 0 Å². The third-order valence-corrected chi connectivity index (χ3v) is 2.85. The number of aliphatic hydroxyl groups is 1. The molecule has 1 atom stereocenters. The maximum atomic E-state index is 10.0. The molecular formula is C9H18O. The summed E-state index contributed by atoms with van der Waals surface area (Å²) in [5, 5.41) is 10.0. The highest BCUT2D eigenvalue weighted by atomic mass is 16.3. The van der Waals surface area contributed by atoms with E-state index in [2.05, 4.69) is 20.8 Å². The van der Waals surface area contributed by atoms with Crippen molar-refractivity contribution in [3.05, 3.63) is 0 Å². The van der Waals surface area contributed by atoms with Gasteiger partial charge in [-0.05, 0) is 31.1 Å². The van der Waals surface area contributed by atoms with Crippen LogP contribution in [0.5, 0.6) is 0 Å². The number of hydrogen-bond donors (Lipinski definition) is 1. The summed E-state index contributed by atoms with van der Waals surface area (Å²) in [6.45, 7) is 6.31. The van der Waals surface area contributed by atoms with Gasteiger partial charge in [0.25, 0.3) is 0 Å². The van der Waals surface area contributed by atoms with Crippen molar-refractivity contribution in [3.8, 4) is 0 Å². The maximum Gasteiger partial charge on any atom is 0.0695 e. The van der Waals surface area contributed by atoms with E-state index in [1.165, 1.54) is 12.8 Å². The van der Waals surface area contributed by atoms with Gasteiger partial charge in [0.05, 0.1) is 5.60 Å². The lowest BCUT2D eigenvalue weighted by molar-refractivity contribution is -0.0297. The summed E-state index contributed by atoms with van der Waals surface area (Å²) in [6.07, 6.45) is 3.39. The van der Waals surface area contributed by atoms with Crippen LogP contribution in [0.2, 0.25) is 0 Å². The van der Waals surface area contributed by atoms with Gasteiger partial charge in [-0.3, -0.25) is 0 Å². The van der Waals surface area contributed by atoms with E-state index in [0.717, 1.165) is 6.42 Å². The Hall–Kier alpha value is -0.0400. The molecule has 0 amide bonds. The largest absolute Gasteiger partial charge is 0.389 e. The van der Waals surface area contributed by atoms with Crippen LogP contribution >= 0.6 is 0 Å². The van der Waals surface area contributed by atoms with Crippen molar-refractivity contribution in [2.24, 2.45) is 11.8 Å². The van der Waals surface area contributed by atoms with Gasteiger partial charge in [0, 0.05) is 0 Å². The Balaban J connectivity index is 2.56. The Bertz CT molecular complexity index is 112. The molecule has 1 aliphatic rings. The summed E-state index contributed by atoms with van der Waals surface area (Å²) in [6, 6.07) is 0. The maximum absolute atomic E-state index is 10.0. The summed E-state index contributed by atoms with van der Waals surface area (Å²) in [5.74, 6) is 1.03. The highest BCUT2D eigenvalue weighted by molar-refractivity contribution is 4.95. The lowest BCUT2D eigenvalue weighted by Gasteiger charge is -2.31. The molecule has 60 valence electrons. The summed E-state index contributed by atoms with van der Waals surface area (Å²) in [7, 11) is 0. The van der Waals surface area contributed by atoms with Gasteiger partial charge in [-0.1, -0.05) is 20.8 Å². The molecule has 0 aliphatic heterocycles. The average Bonchev–Trinajstić information content (AvgIpc) is 2.67. The molecule has 0 heterocycles. The summed E-state index contributed by atoms with van der Waals surface area (Å²) in [4.78, 5) is 0. The van der Waals surface area contributed by atoms with E-state index in [1.807, 2.05) is 0 Å². The molecule has 0 bridgehead atoms. The highest BCUT2D eigenvalue weighted by Crippen LogP contribution is 2.45. The topological polar surface area (TPSA) is 20.2 Å². The summed E-state index contributed by atoms with van der Waals surface area (Å²) in [5.41, 5.74) is -0.347. The van der Waals surface area contributed by atoms with E-state index < -0.39 is 0 Å². The van der Waals surface area contributed by atoms with Crippen LogP contribution < -0.4 is 0 Å². The van der Waals surface area contributed by atoms with Crippen LogP contribution in [0.3, 0.4) is 0 Å². The molecule has 1 heteroatoms. The molecule has 1 rings (SSSR count). The van der Waals surface area contributed by atoms with Crippen molar-refractivity contribution in [3.63, 3.8) is 0 Å². The first kappa shape index (κ1) is 8.06. The Labute approximate surface area is 63.4 Å². The zero-order valence-electron chi connectivity index (χ0n) is 7.22. The highest BCUT2D eigenvalue weighted by Gasteiger charge is 2.44. The minimum absolute atomic E-state index is 0.347. The lowest BCUT2D eigenvalue weighted by atomic mass is 9.83. The average molecular weight is 142 g/mol. The minimum atomic E-state index is -0.347. The first-order valence-electron chi connectivity index (χ1n) is 4.33. The van der Waals surface area contributed by atoms with Crippen molar-refractivity contribution in [1.82, 2.24) is 0 Å². The monoisotopic (exact) mass is 142 g/mol. The Morgan fingerprint density at radius 1 is 1.50 bits per heavy atom. The third kappa shape index (κ3) is 1.20. The quantitative estimate of drug-likeness (QED) is 0.640. The molecule has 0 aromatic rings. The minimum Gasteiger partial charge on any atom is -0.389 e. The molecule has 0 saturated heterocycles. The zero-order valence-corrected chi connectivity index (χ0v) is 7.22. The molecule has 1 saturated carbocycles. The SMILES string of the molecule is CCC(O)(C(C)C)C1CC1. The van der Waals surface area contributed by atoms with E-state index in [-0.39, 0.29) is 5.60 Å². The Kier molecular flexibility index (Phi) is 2.04. The fraction of sp³-hybridized carbons (Fsp3) is 1.00. The van der Waals surface area contributed by atoms with Gasteiger partial charge in [-0.25, -0.2) is 0 Å². The van der Waals surface area contributed by atoms with Gasteiger partial charge in [-0.2, -0.15) is 0 Å². The molecule has 1 nitrogen and oxygen atoms in total. The molecule has 1 aliphatic carbocycles. The van der Waals surface area contributed by atoms with Gasteiger partial charge in [0.2, 0.25) is 0 Å². The second-order valence-electron chi connectivity index (χ2n) is 3.77. The van der Waals surface area contributed by atoms with Crippen LogP contribution in [0, 0.1) is 11.8 Å². The fourth-order valence-electron chi connectivity index (χ4n) is 1.75. The van der Waals surface area contributed by atoms with E-state index in [1.54, 1.807) is 0 Å². The molecule has 1 N–H and O–H groups in total. The Morgan fingerprint density at radius 2 is 2.00 bits per heavy atom. The van der Waals surface area contributed by atoms with Crippen molar-refractivity contribution >= 4 is 0 Å². The lowest BCUT2D eigenvalue weighted by Crippen LogP contribution is -2.36. The van der Waals surface area contributed by atoms with E-state index >= 15 is 0 Å². The van der Waals surface area contributed by atoms with E-state index in [9.17, 15) is 5.11 Å². The smallest absolute Gasteiger partial charge is 0.0695 e. The predicted octanol–water partition coefficient (Wildman–Crippen LogP) is 2.19. The molecular weight excluding hydrogens is 124 g/mol. The second-order valence-corrected chi connectivity index (χ2v) is 3.77. The molecule has 0 radical (unpaired) electrons. The Morgan fingerprint density at radius 3 is 2.10 bits per heavy atom. The van der Waals surface area contributed by atoms with Gasteiger partial charge in [-0.15, -0.1) is 0 Å². The van der Waals surface area contributed by atoms with Crippen molar-refractivity contribution in [1.29, 1.82) is 0 Å². The van der Waals surface area contributed by atoms with Crippen LogP contribution in [0.25, 0.3) is 0 Å². The predicted molar refractivity (Wildman–Crippen MR) is 42.8 cm³/mol. The standard InChI is InChI=1S/C9H18O/c1-4-9(10,7(2)3)8-5-6-8/h7-8,10H,4-6H2,1-3H3. The molecule has 1 fully saturated rings. The van der Waals surface area contributed by atoms with Crippen LogP contribution in [-0.2, 0) is 0 Å². The fourth-order valence-corrected chi connectivity index (χ4v) is 1.75. The second kappa shape index (κ2) is 2.54. The van der Waals surface area contributed by atoms with Gasteiger partial charge in [0.1, 0.15) is 0 Å². The van der Waals surface area contributed by atoms with Crippen LogP contribution in [0.1, 0.15) is 40.0 Å². The summed E-state index contributed by atoms with van der Waals surface area (Å²) >= 11 is 0. The zero-order chi connectivity index (χ0) is 7.78. The first-order chi connectivity index (χ1) is 4.61. The van der Waals surface area contributed by atoms with Crippen LogP contribution in [0.15, 0.2) is 0 Å². The first-order valence-corrected chi connectivity index (χ1v) is 4.33. The van der Waals surface area contributed by atoms with Crippen molar-refractivity contribution < 1.29 is 5.11 Å². The van der Waals surface area contributed by atoms with E-state index in [4.69, 9.17) is 0 Å². The normalized spacial score (nSPS) is 24.9. The van der Waals surface area contributed by atoms with E-state index in [0.29, 0.717) is 11.8 Å². The molecule has 10 heavy (non-hydrogen) atoms. The number of rotatable bonds is 3. The molecule has 1 unspecified atom stereocenters. The van der Waals surface area contributed by atoms with Gasteiger partial charge in [0.15, 0.2) is 0 Å². The van der Waals surface area contributed by atoms with Gasteiger partial charge >= 0.3 is 0 Å².